The number of aliphatic carboxylic acids is 1. The number of halogens is 2. The third-order valence-corrected chi connectivity index (χ3v) is 4.72. The Kier molecular flexibility index (Phi) is 4.28. The number of nitrogens with zero attached hydrogens (tertiary/aromatic N) is 2. The maximum atomic E-state index is 13.0. The second-order valence-corrected chi connectivity index (χ2v) is 6.51. The molecule has 1 heterocycles. The maximum absolute atomic E-state index is 13.0. The van der Waals surface area contributed by atoms with Crippen LogP contribution in [-0.4, -0.2) is 29.3 Å². The SMILES string of the molecule is O=C(O)Cn1cc(NS(=O)(=O)c2ccc(F)cc2Br)cn1. The van der Waals surface area contributed by atoms with Crippen molar-refractivity contribution in [2.45, 2.75) is 11.4 Å². The van der Waals surface area contributed by atoms with Gasteiger partial charge in [-0.3, -0.25) is 14.2 Å². The van der Waals surface area contributed by atoms with Gasteiger partial charge in [0.05, 0.1) is 11.9 Å². The normalized spacial score (nSPS) is 11.3. The maximum Gasteiger partial charge on any atom is 0.325 e. The number of hydrogen-bond donors (Lipinski definition) is 2. The van der Waals surface area contributed by atoms with Gasteiger partial charge in [0.15, 0.2) is 0 Å². The average molecular weight is 378 g/mol. The molecule has 0 aliphatic heterocycles. The molecule has 2 N–H and O–H groups in total. The predicted octanol–water partition coefficient (Wildman–Crippen LogP) is 1.67. The zero-order valence-electron chi connectivity index (χ0n) is 10.3. The van der Waals surface area contributed by atoms with Crippen LogP contribution in [0.3, 0.4) is 0 Å². The Labute approximate surface area is 127 Å². The van der Waals surface area contributed by atoms with Gasteiger partial charge in [0.1, 0.15) is 17.3 Å². The minimum absolute atomic E-state index is 0.0768. The van der Waals surface area contributed by atoms with E-state index in [9.17, 15) is 17.6 Å². The van der Waals surface area contributed by atoms with E-state index in [4.69, 9.17) is 5.11 Å². The fourth-order valence-electron chi connectivity index (χ4n) is 1.54. The van der Waals surface area contributed by atoms with Crippen molar-refractivity contribution in [1.82, 2.24) is 9.78 Å². The van der Waals surface area contributed by atoms with Gasteiger partial charge in [-0.15, -0.1) is 0 Å². The van der Waals surface area contributed by atoms with Gasteiger partial charge in [-0.25, -0.2) is 12.8 Å². The van der Waals surface area contributed by atoms with Crippen LogP contribution in [0.4, 0.5) is 10.1 Å². The molecule has 1 aromatic heterocycles. The molecule has 1 aromatic carbocycles. The first-order chi connectivity index (χ1) is 9.78. The molecule has 0 saturated carbocycles. The largest absolute Gasteiger partial charge is 0.480 e. The van der Waals surface area contributed by atoms with Crippen molar-refractivity contribution >= 4 is 37.6 Å². The van der Waals surface area contributed by atoms with Crippen LogP contribution in [0, 0.1) is 5.82 Å². The molecule has 0 atom stereocenters. The molecule has 7 nitrogen and oxygen atoms in total. The molecule has 21 heavy (non-hydrogen) atoms. The van der Waals surface area contributed by atoms with Gasteiger partial charge in [-0.1, -0.05) is 0 Å². The minimum Gasteiger partial charge on any atom is -0.480 e. The highest BCUT2D eigenvalue weighted by molar-refractivity contribution is 9.10. The van der Waals surface area contributed by atoms with Crippen LogP contribution in [-0.2, 0) is 21.4 Å². The fourth-order valence-corrected chi connectivity index (χ4v) is 3.62. The fraction of sp³-hybridized carbons (Fsp3) is 0.0909. The molecule has 0 fully saturated rings. The van der Waals surface area contributed by atoms with Crippen LogP contribution < -0.4 is 4.72 Å². The molecule has 0 aliphatic carbocycles. The van der Waals surface area contributed by atoms with Crippen molar-refractivity contribution in [3.63, 3.8) is 0 Å². The van der Waals surface area contributed by atoms with Crippen LogP contribution in [0.15, 0.2) is 40.0 Å². The topological polar surface area (TPSA) is 101 Å². The van der Waals surface area contributed by atoms with Crippen molar-refractivity contribution in [2.75, 3.05) is 4.72 Å². The third-order valence-electron chi connectivity index (χ3n) is 2.37. The second-order valence-electron chi connectivity index (χ2n) is 4.00. The van der Waals surface area contributed by atoms with Crippen LogP contribution in [0.1, 0.15) is 0 Å². The molecule has 0 saturated heterocycles. The number of carboxylic acids is 1. The Morgan fingerprint density at radius 1 is 1.48 bits per heavy atom. The summed E-state index contributed by atoms with van der Waals surface area (Å²) in [6, 6.07) is 3.17. The molecule has 10 heteroatoms. The molecule has 0 bridgehead atoms. The Morgan fingerprint density at radius 3 is 2.81 bits per heavy atom. The van der Waals surface area contributed by atoms with Crippen molar-refractivity contribution in [3.8, 4) is 0 Å². The smallest absolute Gasteiger partial charge is 0.325 e. The number of carboxylic acid groups (broad SMARTS) is 1. The predicted molar refractivity (Wildman–Crippen MR) is 74.8 cm³/mol. The van der Waals surface area contributed by atoms with Gasteiger partial charge in [-0.2, -0.15) is 5.10 Å². The summed E-state index contributed by atoms with van der Waals surface area (Å²) in [5.74, 6) is -1.68. The average Bonchev–Trinajstić information content (AvgIpc) is 2.73. The Morgan fingerprint density at radius 2 is 2.19 bits per heavy atom. The van der Waals surface area contributed by atoms with E-state index in [0.29, 0.717) is 0 Å². The summed E-state index contributed by atoms with van der Waals surface area (Å²) in [5.41, 5.74) is 0.104. The quantitative estimate of drug-likeness (QED) is 0.824. The highest BCUT2D eigenvalue weighted by Gasteiger charge is 2.19. The first-order valence-electron chi connectivity index (χ1n) is 5.50. The molecular weight excluding hydrogens is 369 g/mol. The number of carbonyl (C=O) groups is 1. The number of benzene rings is 1. The van der Waals surface area contributed by atoms with E-state index in [1.54, 1.807) is 0 Å². The van der Waals surface area contributed by atoms with Crippen molar-refractivity contribution in [2.24, 2.45) is 0 Å². The van der Waals surface area contributed by atoms with E-state index in [-0.39, 0.29) is 21.6 Å². The van der Waals surface area contributed by atoms with E-state index in [1.807, 2.05) is 0 Å². The highest BCUT2D eigenvalue weighted by Crippen LogP contribution is 2.24. The zero-order valence-corrected chi connectivity index (χ0v) is 12.7. The number of nitrogens with one attached hydrogen (secondary N) is 1. The lowest BCUT2D eigenvalue weighted by atomic mass is 10.3. The summed E-state index contributed by atoms with van der Waals surface area (Å²) in [6.07, 6.45) is 2.42. The zero-order chi connectivity index (χ0) is 15.6. The molecule has 0 spiro atoms. The molecule has 2 rings (SSSR count). The van der Waals surface area contributed by atoms with Gasteiger partial charge in [0.2, 0.25) is 0 Å². The lowest BCUT2D eigenvalue weighted by Crippen LogP contribution is -2.13. The van der Waals surface area contributed by atoms with Crippen LogP contribution in [0.2, 0.25) is 0 Å². The van der Waals surface area contributed by atoms with Gasteiger partial charge in [-0.05, 0) is 34.1 Å². The molecule has 0 amide bonds. The Hall–Kier alpha value is -1.94. The Balaban J connectivity index is 2.25. The van der Waals surface area contributed by atoms with E-state index in [0.717, 1.165) is 22.9 Å². The summed E-state index contributed by atoms with van der Waals surface area (Å²) in [6.45, 7) is -0.387. The van der Waals surface area contributed by atoms with Gasteiger partial charge in [0, 0.05) is 10.7 Å². The first-order valence-corrected chi connectivity index (χ1v) is 7.78. The van der Waals surface area contributed by atoms with Gasteiger partial charge >= 0.3 is 5.97 Å². The Bertz CT molecular complexity index is 791. The lowest BCUT2D eigenvalue weighted by molar-refractivity contribution is -0.137. The molecule has 0 aliphatic rings. The summed E-state index contributed by atoms with van der Waals surface area (Å²) in [7, 11) is -3.94. The molecule has 0 unspecified atom stereocenters. The number of hydrogen-bond acceptors (Lipinski definition) is 4. The first kappa shape index (κ1) is 15.4. The monoisotopic (exact) mass is 377 g/mol. The van der Waals surface area contributed by atoms with E-state index in [2.05, 4.69) is 25.8 Å². The van der Waals surface area contributed by atoms with Crippen LogP contribution in [0.25, 0.3) is 0 Å². The van der Waals surface area contributed by atoms with Gasteiger partial charge < -0.3 is 5.11 Å². The van der Waals surface area contributed by atoms with Crippen molar-refractivity contribution in [3.05, 3.63) is 40.9 Å². The van der Waals surface area contributed by atoms with Crippen molar-refractivity contribution in [1.29, 1.82) is 0 Å². The number of anilines is 1. The van der Waals surface area contributed by atoms with E-state index in [1.165, 1.54) is 12.4 Å². The van der Waals surface area contributed by atoms with Crippen LogP contribution in [0.5, 0.6) is 0 Å². The summed E-state index contributed by atoms with van der Waals surface area (Å²) in [5, 5.41) is 12.3. The van der Waals surface area contributed by atoms with Crippen molar-refractivity contribution < 1.29 is 22.7 Å². The molecule has 112 valence electrons. The number of sulfonamides is 1. The molecule has 0 radical (unpaired) electrons. The molecule has 2 aromatic rings. The summed E-state index contributed by atoms with van der Waals surface area (Å²) < 4.78 is 40.6. The number of rotatable bonds is 5. The third kappa shape index (κ3) is 3.79. The van der Waals surface area contributed by atoms with Crippen LogP contribution >= 0.6 is 15.9 Å². The lowest BCUT2D eigenvalue weighted by Gasteiger charge is -2.07. The van der Waals surface area contributed by atoms with E-state index >= 15 is 0 Å². The molecular formula is C11H9BrFN3O4S. The number of aromatic nitrogens is 2. The highest BCUT2D eigenvalue weighted by atomic mass is 79.9. The van der Waals surface area contributed by atoms with E-state index < -0.39 is 21.8 Å². The minimum atomic E-state index is -3.94. The van der Waals surface area contributed by atoms with Gasteiger partial charge in [0.25, 0.3) is 10.0 Å². The second kappa shape index (κ2) is 5.82. The summed E-state index contributed by atoms with van der Waals surface area (Å²) in [4.78, 5) is 10.4. The standard InChI is InChI=1S/C11H9BrFN3O4S/c12-9-3-7(13)1-2-10(9)21(19,20)15-8-4-14-16(5-8)6-11(17)18/h1-5,15H,6H2,(H,17,18). The summed E-state index contributed by atoms with van der Waals surface area (Å²) >= 11 is 2.98.